The van der Waals surface area contributed by atoms with Gasteiger partial charge in [-0.3, -0.25) is 0 Å². The monoisotopic (exact) mass is 593 g/mol. The molecule has 0 saturated carbocycles. The Morgan fingerprint density at radius 2 is 0.979 bits per heavy atom. The van der Waals surface area contributed by atoms with Gasteiger partial charge in [-0.1, -0.05) is 169 Å². The lowest BCUT2D eigenvalue weighted by atomic mass is 9.30. The minimum atomic E-state index is -0.403. The predicted octanol–water partition coefficient (Wildman–Crippen LogP) is 8.47. The van der Waals surface area contributed by atoms with Gasteiger partial charge in [-0.25, -0.2) is 0 Å². The number of benzene rings is 7. The molecule has 0 bridgehead atoms. The van der Waals surface area contributed by atoms with Crippen molar-refractivity contribution < 1.29 is 0 Å². The molecule has 7 aromatic carbocycles. The molecule has 0 atom stereocenters. The summed E-state index contributed by atoms with van der Waals surface area (Å²) in [5.74, 6) is 0. The molecule has 2 aliphatic heterocycles. The molecule has 1 spiro atoms. The summed E-state index contributed by atoms with van der Waals surface area (Å²) in [7, 11) is 0. The average molecular weight is 594 g/mol. The van der Waals surface area contributed by atoms with Gasteiger partial charge in [-0.2, -0.15) is 0 Å². The number of rotatable bonds is 2. The fraction of sp³-hybridized carbons (Fsp3) is 0.0222. The highest BCUT2D eigenvalue weighted by molar-refractivity contribution is 6.99. The molecule has 0 saturated heterocycles. The average Bonchev–Trinajstić information content (AvgIpc) is 3.65. The SMILES string of the molecule is c1ccc(-c2c(-c3ccccc3)n3c4c(cccc24)B2c4ccccc4C4(c5ccccc5-c5ccccc54)c4cccc-3c42)cc1. The maximum Gasteiger partial charge on any atom is 0.247 e. The third-order valence-corrected chi connectivity index (χ3v) is 11.1. The Morgan fingerprint density at radius 3 is 1.70 bits per heavy atom. The molecular formula is C45H28BN. The Hall–Kier alpha value is -5.86. The Kier molecular flexibility index (Phi) is 4.92. The number of hydrogen-bond acceptors (Lipinski definition) is 0. The van der Waals surface area contributed by atoms with Crippen LogP contribution in [0, 0.1) is 0 Å². The van der Waals surface area contributed by atoms with Gasteiger partial charge in [0.05, 0.1) is 11.1 Å². The van der Waals surface area contributed by atoms with E-state index >= 15 is 0 Å². The molecule has 1 aliphatic carbocycles. The third kappa shape index (κ3) is 3.02. The quantitative estimate of drug-likeness (QED) is 0.177. The molecule has 47 heavy (non-hydrogen) atoms. The first-order chi connectivity index (χ1) is 23.4. The Balaban J connectivity index is 1.36. The van der Waals surface area contributed by atoms with Crippen molar-refractivity contribution in [2.45, 2.75) is 5.41 Å². The minimum Gasteiger partial charge on any atom is -0.310 e. The molecule has 216 valence electrons. The fourth-order valence-corrected chi connectivity index (χ4v) is 9.51. The van der Waals surface area contributed by atoms with Crippen LogP contribution in [0.15, 0.2) is 170 Å². The van der Waals surface area contributed by atoms with E-state index in [2.05, 4.69) is 174 Å². The van der Waals surface area contributed by atoms with Crippen LogP contribution in [0.25, 0.3) is 50.1 Å². The van der Waals surface area contributed by atoms with Crippen LogP contribution in [0.5, 0.6) is 0 Å². The second-order valence-corrected chi connectivity index (χ2v) is 13.1. The first-order valence-electron chi connectivity index (χ1n) is 16.6. The molecular weight excluding hydrogens is 565 g/mol. The van der Waals surface area contributed by atoms with E-state index in [-0.39, 0.29) is 6.71 Å². The zero-order valence-corrected chi connectivity index (χ0v) is 25.7. The highest BCUT2D eigenvalue weighted by atomic mass is 15.0. The van der Waals surface area contributed by atoms with E-state index in [0.29, 0.717) is 0 Å². The zero-order chi connectivity index (χ0) is 30.7. The van der Waals surface area contributed by atoms with Crippen LogP contribution >= 0.6 is 0 Å². The van der Waals surface area contributed by atoms with Gasteiger partial charge in [0, 0.05) is 22.2 Å². The standard InChI is InChI=1S/C45H28BN/c1-3-15-29(16-4-1)41-33-21-13-27-39-44(33)47(43(41)30-17-5-2-6-18-30)40-28-14-25-37-42(40)46(39)38-26-12-11-24-36(38)45(37)34-22-9-7-19-31(34)32-20-8-10-23-35(32)45/h1-28H. The summed E-state index contributed by atoms with van der Waals surface area (Å²) >= 11 is 0. The van der Waals surface area contributed by atoms with Crippen LogP contribution in [-0.2, 0) is 5.41 Å². The summed E-state index contributed by atoms with van der Waals surface area (Å²) in [5, 5.41) is 1.30. The van der Waals surface area contributed by atoms with Gasteiger partial charge in [0.1, 0.15) is 0 Å². The molecule has 3 heterocycles. The van der Waals surface area contributed by atoms with Crippen LogP contribution in [0.4, 0.5) is 0 Å². The molecule has 0 N–H and O–H groups in total. The molecule has 0 fully saturated rings. The lowest BCUT2D eigenvalue weighted by Crippen LogP contribution is -2.64. The van der Waals surface area contributed by atoms with Crippen molar-refractivity contribution in [1.82, 2.24) is 4.57 Å². The van der Waals surface area contributed by atoms with E-state index in [0.717, 1.165) is 0 Å². The van der Waals surface area contributed by atoms with Crippen molar-refractivity contribution in [1.29, 1.82) is 0 Å². The smallest absolute Gasteiger partial charge is 0.247 e. The molecule has 2 heteroatoms. The first-order valence-corrected chi connectivity index (χ1v) is 16.6. The molecule has 0 radical (unpaired) electrons. The van der Waals surface area contributed by atoms with Gasteiger partial charge in [-0.05, 0) is 61.5 Å². The molecule has 1 aromatic heterocycles. The van der Waals surface area contributed by atoms with E-state index in [1.807, 2.05) is 0 Å². The fourth-order valence-electron chi connectivity index (χ4n) is 9.51. The minimum absolute atomic E-state index is 0.126. The van der Waals surface area contributed by atoms with Gasteiger partial charge < -0.3 is 4.57 Å². The van der Waals surface area contributed by atoms with Crippen LogP contribution < -0.4 is 16.4 Å². The lowest BCUT2D eigenvalue weighted by molar-refractivity contribution is 0.773. The number of nitrogens with zero attached hydrogens (tertiary/aromatic N) is 1. The highest BCUT2D eigenvalue weighted by Crippen LogP contribution is 2.57. The molecule has 1 nitrogen and oxygen atoms in total. The van der Waals surface area contributed by atoms with E-state index in [9.17, 15) is 0 Å². The van der Waals surface area contributed by atoms with Crippen LogP contribution in [0.1, 0.15) is 22.3 Å². The molecule has 0 amide bonds. The summed E-state index contributed by atoms with van der Waals surface area (Å²) in [6.07, 6.45) is 0. The van der Waals surface area contributed by atoms with Gasteiger partial charge in [0.25, 0.3) is 0 Å². The molecule has 11 rings (SSSR count). The summed E-state index contributed by atoms with van der Waals surface area (Å²) in [4.78, 5) is 0. The Morgan fingerprint density at radius 1 is 0.426 bits per heavy atom. The van der Waals surface area contributed by atoms with Gasteiger partial charge >= 0.3 is 0 Å². The van der Waals surface area contributed by atoms with E-state index in [1.54, 1.807) is 0 Å². The van der Waals surface area contributed by atoms with Crippen LogP contribution in [0.2, 0.25) is 0 Å². The maximum absolute atomic E-state index is 2.60. The second kappa shape index (κ2) is 9.12. The normalized spacial score (nSPS) is 14.1. The van der Waals surface area contributed by atoms with Crippen molar-refractivity contribution in [3.05, 3.63) is 192 Å². The van der Waals surface area contributed by atoms with Gasteiger partial charge in [0.2, 0.25) is 6.71 Å². The van der Waals surface area contributed by atoms with Crippen LogP contribution in [-0.4, -0.2) is 11.3 Å². The first kappa shape index (κ1) is 25.3. The Labute approximate surface area is 274 Å². The van der Waals surface area contributed by atoms with Crippen molar-refractivity contribution in [3.63, 3.8) is 0 Å². The van der Waals surface area contributed by atoms with E-state index < -0.39 is 5.41 Å². The van der Waals surface area contributed by atoms with Crippen molar-refractivity contribution in [2.24, 2.45) is 0 Å². The van der Waals surface area contributed by atoms with Crippen molar-refractivity contribution in [3.8, 4) is 39.2 Å². The van der Waals surface area contributed by atoms with Crippen LogP contribution in [0.3, 0.4) is 0 Å². The van der Waals surface area contributed by atoms with Gasteiger partial charge in [-0.15, -0.1) is 0 Å². The summed E-state index contributed by atoms with van der Waals surface area (Å²) in [5.41, 5.74) is 19.7. The second-order valence-electron chi connectivity index (χ2n) is 13.1. The number of aromatic nitrogens is 1. The largest absolute Gasteiger partial charge is 0.310 e. The Bertz CT molecular complexity index is 2530. The zero-order valence-electron chi connectivity index (χ0n) is 25.7. The van der Waals surface area contributed by atoms with Crippen molar-refractivity contribution >= 4 is 34.0 Å². The van der Waals surface area contributed by atoms with Crippen molar-refractivity contribution in [2.75, 3.05) is 0 Å². The molecule has 3 aliphatic rings. The summed E-state index contributed by atoms with van der Waals surface area (Å²) < 4.78 is 2.60. The maximum atomic E-state index is 2.60. The third-order valence-electron chi connectivity index (χ3n) is 11.1. The highest BCUT2D eigenvalue weighted by Gasteiger charge is 2.54. The lowest BCUT2D eigenvalue weighted by Gasteiger charge is -2.45. The molecule has 0 unspecified atom stereocenters. The topological polar surface area (TPSA) is 4.93 Å². The summed E-state index contributed by atoms with van der Waals surface area (Å²) in [6.45, 7) is 0.126. The number of hydrogen-bond donors (Lipinski definition) is 0. The molecule has 8 aromatic rings. The van der Waals surface area contributed by atoms with E-state index in [4.69, 9.17) is 0 Å². The number of fused-ring (bicyclic) bond motifs is 11. The predicted molar refractivity (Wildman–Crippen MR) is 196 cm³/mol. The van der Waals surface area contributed by atoms with E-state index in [1.165, 1.54) is 88.7 Å². The van der Waals surface area contributed by atoms with Gasteiger partial charge in [0.15, 0.2) is 0 Å². The summed E-state index contributed by atoms with van der Waals surface area (Å²) in [6, 6.07) is 63.6. The number of para-hydroxylation sites is 1.